The Bertz CT molecular complexity index is 928. The van der Waals surface area contributed by atoms with Gasteiger partial charge in [-0.1, -0.05) is 17.7 Å². The first-order chi connectivity index (χ1) is 15.5. The minimum atomic E-state index is 0.161. The van der Waals surface area contributed by atoms with Crippen LogP contribution in [0.1, 0.15) is 51.1 Å². The molecule has 0 aromatic carbocycles. The van der Waals surface area contributed by atoms with Crippen LogP contribution < -0.4 is 11.1 Å². The van der Waals surface area contributed by atoms with E-state index in [4.69, 9.17) is 22.3 Å². The molecule has 1 aliphatic heterocycles. The van der Waals surface area contributed by atoms with E-state index in [1.165, 1.54) is 12.8 Å². The van der Waals surface area contributed by atoms with E-state index >= 15 is 0 Å². The molecule has 0 radical (unpaired) electrons. The number of nitrogens with one attached hydrogen (secondary N) is 1. The zero-order chi connectivity index (χ0) is 22.5. The average molecular weight is 456 g/mol. The zero-order valence-corrected chi connectivity index (χ0v) is 19.7. The van der Waals surface area contributed by atoms with Crippen molar-refractivity contribution in [1.82, 2.24) is 14.9 Å². The number of carbonyl (C=O) groups is 1. The fourth-order valence-corrected chi connectivity index (χ4v) is 5.13. The van der Waals surface area contributed by atoms with Crippen molar-refractivity contribution in [2.24, 2.45) is 17.6 Å². The number of nitrogens with two attached hydrogens (primary N) is 1. The van der Waals surface area contributed by atoms with Gasteiger partial charge in [0.1, 0.15) is 5.82 Å². The van der Waals surface area contributed by atoms with Gasteiger partial charge in [0.2, 0.25) is 5.91 Å². The fraction of sp³-hybridized carbons (Fsp3) is 0.560. The molecule has 172 valence electrons. The number of hydrogen-bond donors (Lipinski definition) is 2. The van der Waals surface area contributed by atoms with Gasteiger partial charge in [0.25, 0.3) is 0 Å². The number of amides is 1. The van der Waals surface area contributed by atoms with E-state index in [-0.39, 0.29) is 5.91 Å². The first-order valence-corrected chi connectivity index (χ1v) is 12.2. The minimum Gasteiger partial charge on any atom is -0.370 e. The maximum absolute atomic E-state index is 11.7. The van der Waals surface area contributed by atoms with Crippen molar-refractivity contribution in [3.05, 3.63) is 41.2 Å². The van der Waals surface area contributed by atoms with Gasteiger partial charge in [0.15, 0.2) is 0 Å². The molecule has 7 heteroatoms. The van der Waals surface area contributed by atoms with Gasteiger partial charge in [0.05, 0.1) is 10.7 Å². The molecule has 1 atom stereocenters. The molecule has 2 aromatic rings. The van der Waals surface area contributed by atoms with Crippen LogP contribution in [0.3, 0.4) is 0 Å². The molecule has 3 N–H and O–H groups in total. The highest BCUT2D eigenvalue weighted by atomic mass is 35.5. The normalized spacial score (nSPS) is 23.7. The molecule has 0 spiro atoms. The van der Waals surface area contributed by atoms with Crippen LogP contribution in [-0.2, 0) is 11.2 Å². The van der Waals surface area contributed by atoms with Crippen LogP contribution in [0.25, 0.3) is 11.3 Å². The predicted octanol–water partition coefficient (Wildman–Crippen LogP) is 4.53. The summed E-state index contributed by atoms with van der Waals surface area (Å²) >= 11 is 6.51. The van der Waals surface area contributed by atoms with E-state index in [0.717, 1.165) is 74.5 Å². The van der Waals surface area contributed by atoms with Gasteiger partial charge in [-0.05, 0) is 75.0 Å². The molecular formula is C25H34ClN5O. The number of piperidine rings is 1. The Labute approximate surface area is 196 Å². The van der Waals surface area contributed by atoms with Crippen molar-refractivity contribution in [2.45, 2.75) is 57.9 Å². The molecule has 1 amide bonds. The molecule has 0 unspecified atom stereocenters. The van der Waals surface area contributed by atoms with Crippen molar-refractivity contribution < 1.29 is 4.79 Å². The standard InChI is InChI=1S/C25H34ClN5O/c1-17(32)31-11-3-4-19(16-31)14-29-25-6-2-5-24(30-25)22-13-21(28-15-23(22)26)12-18-7-9-20(27)10-8-18/h2,5-6,13,15,18-20H,3-4,7-12,14,16,27H2,1H3,(H,29,30)/t18?,19-,20?/m1/s1. The first kappa shape index (κ1) is 23.0. The molecule has 6 nitrogen and oxygen atoms in total. The van der Waals surface area contributed by atoms with Crippen molar-refractivity contribution in [1.29, 1.82) is 0 Å². The van der Waals surface area contributed by atoms with E-state index in [1.54, 1.807) is 13.1 Å². The van der Waals surface area contributed by atoms with Gasteiger partial charge in [-0.2, -0.15) is 0 Å². The van der Waals surface area contributed by atoms with E-state index in [2.05, 4.69) is 16.4 Å². The highest BCUT2D eigenvalue weighted by Gasteiger charge is 2.22. The maximum atomic E-state index is 11.7. The maximum Gasteiger partial charge on any atom is 0.219 e. The van der Waals surface area contributed by atoms with Gasteiger partial charge in [-0.3, -0.25) is 9.78 Å². The number of hydrogen-bond acceptors (Lipinski definition) is 5. The molecule has 2 aromatic heterocycles. The molecule has 2 aliphatic rings. The third kappa shape index (κ3) is 5.99. The van der Waals surface area contributed by atoms with Crippen LogP contribution in [-0.4, -0.2) is 46.5 Å². The summed E-state index contributed by atoms with van der Waals surface area (Å²) in [6.07, 6.45) is 9.44. The number of aromatic nitrogens is 2. The second kappa shape index (κ2) is 10.6. The minimum absolute atomic E-state index is 0.161. The van der Waals surface area contributed by atoms with E-state index in [1.807, 2.05) is 23.1 Å². The lowest BCUT2D eigenvalue weighted by molar-refractivity contribution is -0.130. The molecule has 2 fully saturated rings. The summed E-state index contributed by atoms with van der Waals surface area (Å²) in [6, 6.07) is 8.43. The lowest BCUT2D eigenvalue weighted by Crippen LogP contribution is -2.40. The third-order valence-corrected chi connectivity index (χ3v) is 7.16. The van der Waals surface area contributed by atoms with Gasteiger partial charge in [-0.25, -0.2) is 4.98 Å². The Hall–Kier alpha value is -2.18. The van der Waals surface area contributed by atoms with Crippen LogP contribution in [0.4, 0.5) is 5.82 Å². The second-order valence-electron chi connectivity index (χ2n) is 9.40. The Balaban J connectivity index is 1.41. The average Bonchev–Trinajstić information content (AvgIpc) is 2.81. The van der Waals surface area contributed by atoms with Crippen LogP contribution >= 0.6 is 11.6 Å². The third-order valence-electron chi connectivity index (χ3n) is 6.86. The number of anilines is 1. The highest BCUT2D eigenvalue weighted by molar-refractivity contribution is 6.33. The molecule has 1 aliphatic carbocycles. The van der Waals surface area contributed by atoms with Crippen molar-refractivity contribution >= 4 is 23.3 Å². The molecular weight excluding hydrogens is 422 g/mol. The van der Waals surface area contributed by atoms with Crippen LogP contribution in [0.2, 0.25) is 5.02 Å². The van der Waals surface area contributed by atoms with Gasteiger partial charge >= 0.3 is 0 Å². The number of pyridine rings is 2. The fourth-order valence-electron chi connectivity index (χ4n) is 4.93. The second-order valence-corrected chi connectivity index (χ2v) is 9.81. The summed E-state index contributed by atoms with van der Waals surface area (Å²) in [5.74, 6) is 2.08. The van der Waals surface area contributed by atoms with Gasteiger partial charge in [0, 0.05) is 50.1 Å². The van der Waals surface area contributed by atoms with Crippen molar-refractivity contribution in [3.63, 3.8) is 0 Å². The number of carbonyl (C=O) groups excluding carboxylic acids is 1. The Morgan fingerprint density at radius 1 is 1.22 bits per heavy atom. The lowest BCUT2D eigenvalue weighted by atomic mass is 9.83. The Kier molecular flexibility index (Phi) is 7.63. The van der Waals surface area contributed by atoms with E-state index < -0.39 is 0 Å². The predicted molar refractivity (Wildman–Crippen MR) is 130 cm³/mol. The van der Waals surface area contributed by atoms with Gasteiger partial charge < -0.3 is 16.0 Å². The molecule has 1 saturated carbocycles. The number of halogens is 1. The van der Waals surface area contributed by atoms with E-state index in [9.17, 15) is 4.79 Å². The largest absolute Gasteiger partial charge is 0.370 e. The monoisotopic (exact) mass is 455 g/mol. The van der Waals surface area contributed by atoms with Crippen LogP contribution in [0.15, 0.2) is 30.5 Å². The van der Waals surface area contributed by atoms with Crippen molar-refractivity contribution in [2.75, 3.05) is 25.0 Å². The quantitative estimate of drug-likeness (QED) is 0.668. The summed E-state index contributed by atoms with van der Waals surface area (Å²) in [6.45, 7) is 4.14. The highest BCUT2D eigenvalue weighted by Crippen LogP contribution is 2.31. The zero-order valence-electron chi connectivity index (χ0n) is 18.9. The summed E-state index contributed by atoms with van der Waals surface area (Å²) in [4.78, 5) is 23.0. The number of likely N-dealkylation sites (tertiary alicyclic amines) is 1. The number of nitrogens with zero attached hydrogens (tertiary/aromatic N) is 3. The van der Waals surface area contributed by atoms with Crippen LogP contribution in [0.5, 0.6) is 0 Å². The molecule has 32 heavy (non-hydrogen) atoms. The summed E-state index contributed by atoms with van der Waals surface area (Å²) in [5.41, 5.74) is 8.89. The number of rotatable bonds is 6. The molecule has 0 bridgehead atoms. The first-order valence-electron chi connectivity index (χ1n) is 11.8. The SMILES string of the molecule is CC(=O)N1CCC[C@H](CNc2cccc(-c3cc(CC4CCC(N)CC4)ncc3Cl)n2)C1. The lowest BCUT2D eigenvalue weighted by Gasteiger charge is -2.32. The summed E-state index contributed by atoms with van der Waals surface area (Å²) < 4.78 is 0. The smallest absolute Gasteiger partial charge is 0.219 e. The Morgan fingerprint density at radius 2 is 2.03 bits per heavy atom. The topological polar surface area (TPSA) is 84.1 Å². The molecule has 3 heterocycles. The molecule has 1 saturated heterocycles. The summed E-state index contributed by atoms with van der Waals surface area (Å²) in [7, 11) is 0. The van der Waals surface area contributed by atoms with E-state index in [0.29, 0.717) is 22.9 Å². The molecule has 4 rings (SSSR count). The van der Waals surface area contributed by atoms with Gasteiger partial charge in [-0.15, -0.1) is 0 Å². The van der Waals surface area contributed by atoms with Crippen molar-refractivity contribution in [3.8, 4) is 11.3 Å². The van der Waals surface area contributed by atoms with Crippen LogP contribution in [0, 0.1) is 11.8 Å². The Morgan fingerprint density at radius 3 is 2.81 bits per heavy atom. The summed E-state index contributed by atoms with van der Waals surface area (Å²) in [5, 5.41) is 4.09.